The van der Waals surface area contributed by atoms with Gasteiger partial charge in [-0.1, -0.05) is 39.7 Å². The van der Waals surface area contributed by atoms with E-state index in [4.69, 9.17) is 11.6 Å². The summed E-state index contributed by atoms with van der Waals surface area (Å²) in [6, 6.07) is 11.0. The molecular formula is C16H13BrClFN2O2. The molecule has 0 saturated heterocycles. The molecular weight excluding hydrogens is 387 g/mol. The van der Waals surface area contributed by atoms with Crippen LogP contribution >= 0.6 is 27.5 Å². The van der Waals surface area contributed by atoms with Crippen molar-refractivity contribution in [3.8, 4) is 0 Å². The third-order valence-corrected chi connectivity index (χ3v) is 3.78. The molecule has 0 aromatic heterocycles. The lowest BCUT2D eigenvalue weighted by molar-refractivity contribution is -0.116. The highest BCUT2D eigenvalue weighted by atomic mass is 79.9. The Bertz CT molecular complexity index is 740. The van der Waals surface area contributed by atoms with E-state index < -0.39 is 11.7 Å². The van der Waals surface area contributed by atoms with E-state index >= 15 is 0 Å². The van der Waals surface area contributed by atoms with Crippen molar-refractivity contribution in [3.63, 3.8) is 0 Å². The van der Waals surface area contributed by atoms with Crippen LogP contribution in [0.3, 0.4) is 0 Å². The maximum absolute atomic E-state index is 13.6. The third-order valence-electron chi connectivity index (χ3n) is 2.96. The maximum atomic E-state index is 13.6. The number of benzene rings is 2. The van der Waals surface area contributed by atoms with Gasteiger partial charge in [-0.3, -0.25) is 9.59 Å². The van der Waals surface area contributed by atoms with Gasteiger partial charge in [-0.25, -0.2) is 4.39 Å². The van der Waals surface area contributed by atoms with Crippen LogP contribution in [-0.4, -0.2) is 18.4 Å². The second-order valence-corrected chi connectivity index (χ2v) is 5.98. The fourth-order valence-corrected chi connectivity index (χ4v) is 2.39. The summed E-state index contributed by atoms with van der Waals surface area (Å²) in [7, 11) is 0. The monoisotopic (exact) mass is 398 g/mol. The smallest absolute Gasteiger partial charge is 0.252 e. The first-order valence-corrected chi connectivity index (χ1v) is 7.92. The van der Waals surface area contributed by atoms with E-state index in [1.54, 1.807) is 30.3 Å². The van der Waals surface area contributed by atoms with Crippen molar-refractivity contribution < 1.29 is 14.0 Å². The summed E-state index contributed by atoms with van der Waals surface area (Å²) in [5.74, 6) is -1.29. The lowest BCUT2D eigenvalue weighted by Crippen LogP contribution is -2.28. The quantitative estimate of drug-likeness (QED) is 0.798. The first-order chi connectivity index (χ1) is 11.0. The van der Waals surface area contributed by atoms with E-state index in [9.17, 15) is 14.0 Å². The Morgan fingerprint density at radius 3 is 2.61 bits per heavy atom. The van der Waals surface area contributed by atoms with Gasteiger partial charge in [0.1, 0.15) is 5.82 Å². The number of hydrogen-bond acceptors (Lipinski definition) is 2. The number of rotatable bonds is 5. The molecule has 120 valence electrons. The van der Waals surface area contributed by atoms with Gasteiger partial charge in [-0.15, -0.1) is 0 Å². The molecule has 0 bridgehead atoms. The number of nitrogens with one attached hydrogen (secondary N) is 2. The molecule has 23 heavy (non-hydrogen) atoms. The van der Waals surface area contributed by atoms with Gasteiger partial charge in [0.05, 0.1) is 16.3 Å². The summed E-state index contributed by atoms with van der Waals surface area (Å²) in [5.41, 5.74) is 0.434. The molecule has 4 nitrogen and oxygen atoms in total. The highest BCUT2D eigenvalue weighted by Gasteiger charge is 2.11. The van der Waals surface area contributed by atoms with E-state index in [0.29, 0.717) is 15.1 Å². The Hall–Kier alpha value is -1.92. The number of amides is 2. The van der Waals surface area contributed by atoms with Crippen LogP contribution in [0.5, 0.6) is 0 Å². The highest BCUT2D eigenvalue weighted by molar-refractivity contribution is 9.10. The van der Waals surface area contributed by atoms with E-state index in [1.165, 1.54) is 12.1 Å². The number of carbonyl (C=O) groups is 2. The summed E-state index contributed by atoms with van der Waals surface area (Å²) in [6.45, 7) is 0.119. The molecule has 0 radical (unpaired) electrons. The Balaban J connectivity index is 1.83. The predicted octanol–water partition coefficient (Wildman–Crippen LogP) is 4.00. The predicted molar refractivity (Wildman–Crippen MR) is 91.1 cm³/mol. The lowest BCUT2D eigenvalue weighted by Gasteiger charge is -2.08. The molecule has 0 aliphatic rings. The van der Waals surface area contributed by atoms with Crippen LogP contribution in [0.2, 0.25) is 5.02 Å². The molecule has 2 aromatic carbocycles. The van der Waals surface area contributed by atoms with Gasteiger partial charge < -0.3 is 10.6 Å². The molecule has 2 amide bonds. The molecule has 0 heterocycles. The van der Waals surface area contributed by atoms with E-state index in [0.717, 1.165) is 0 Å². The van der Waals surface area contributed by atoms with Gasteiger partial charge in [0.2, 0.25) is 5.91 Å². The third kappa shape index (κ3) is 5.04. The molecule has 0 fully saturated rings. The first-order valence-electron chi connectivity index (χ1n) is 6.75. The van der Waals surface area contributed by atoms with Crippen LogP contribution < -0.4 is 10.6 Å². The molecule has 0 spiro atoms. The summed E-state index contributed by atoms with van der Waals surface area (Å²) >= 11 is 9.05. The van der Waals surface area contributed by atoms with Gasteiger partial charge >= 0.3 is 0 Å². The van der Waals surface area contributed by atoms with Gasteiger partial charge in [0.15, 0.2) is 0 Å². The molecule has 0 unspecified atom stereocenters. The van der Waals surface area contributed by atoms with Crippen LogP contribution in [-0.2, 0) is 4.79 Å². The number of anilines is 1. The Morgan fingerprint density at radius 2 is 1.91 bits per heavy atom. The van der Waals surface area contributed by atoms with Crippen molar-refractivity contribution in [2.24, 2.45) is 0 Å². The normalized spacial score (nSPS) is 10.2. The molecule has 2 rings (SSSR count). The minimum absolute atomic E-state index is 0.0195. The van der Waals surface area contributed by atoms with E-state index in [1.807, 2.05) is 0 Å². The van der Waals surface area contributed by atoms with Crippen molar-refractivity contribution >= 4 is 45.0 Å². The number of halogens is 3. The number of hydrogen-bond donors (Lipinski definition) is 2. The maximum Gasteiger partial charge on any atom is 0.252 e. The standard InChI is InChI=1S/C16H13BrClFN2O2/c17-10-5-6-14(13(19)9-10)21-15(22)7-8-20-16(23)11-3-1-2-4-12(11)18/h1-6,9H,7-8H2,(H,20,23)(H,21,22). The van der Waals surface area contributed by atoms with Gasteiger partial charge in [0, 0.05) is 17.4 Å². The molecule has 2 N–H and O–H groups in total. The van der Waals surface area contributed by atoms with Crippen molar-refractivity contribution in [1.29, 1.82) is 0 Å². The SMILES string of the molecule is O=C(CCNC(=O)c1ccccc1Cl)Nc1ccc(Br)cc1F. The van der Waals surface area contributed by atoms with Crippen LogP contribution in [0.25, 0.3) is 0 Å². The molecule has 2 aromatic rings. The van der Waals surface area contributed by atoms with E-state index in [2.05, 4.69) is 26.6 Å². The fraction of sp³-hybridized carbons (Fsp3) is 0.125. The van der Waals surface area contributed by atoms with E-state index in [-0.39, 0.29) is 24.6 Å². The molecule has 0 aliphatic carbocycles. The minimum atomic E-state index is -0.534. The average Bonchev–Trinajstić information content (AvgIpc) is 2.50. The molecule has 0 aliphatic heterocycles. The summed E-state index contributed by atoms with van der Waals surface area (Å²) in [5, 5.41) is 5.38. The van der Waals surface area contributed by atoms with Crippen molar-refractivity contribution in [3.05, 3.63) is 63.3 Å². The zero-order valence-corrected chi connectivity index (χ0v) is 14.2. The topological polar surface area (TPSA) is 58.2 Å². The summed E-state index contributed by atoms with van der Waals surface area (Å²) in [6.07, 6.45) is 0.0195. The van der Waals surface area contributed by atoms with Crippen molar-refractivity contribution in [1.82, 2.24) is 5.32 Å². The van der Waals surface area contributed by atoms with Crippen molar-refractivity contribution in [2.45, 2.75) is 6.42 Å². The largest absolute Gasteiger partial charge is 0.351 e. The molecule has 7 heteroatoms. The van der Waals surface area contributed by atoms with Crippen LogP contribution in [0.1, 0.15) is 16.8 Å². The van der Waals surface area contributed by atoms with Crippen LogP contribution in [0.4, 0.5) is 10.1 Å². The number of carbonyl (C=O) groups excluding carboxylic acids is 2. The van der Waals surface area contributed by atoms with Crippen molar-refractivity contribution in [2.75, 3.05) is 11.9 Å². The zero-order valence-electron chi connectivity index (χ0n) is 11.9. The molecule has 0 saturated carbocycles. The Morgan fingerprint density at radius 1 is 1.17 bits per heavy atom. The highest BCUT2D eigenvalue weighted by Crippen LogP contribution is 2.19. The Labute approximate surface area is 146 Å². The molecule has 0 atom stereocenters. The van der Waals surface area contributed by atoms with Gasteiger partial charge in [0.25, 0.3) is 5.91 Å². The fourth-order valence-electron chi connectivity index (χ4n) is 1.83. The second-order valence-electron chi connectivity index (χ2n) is 4.66. The second kappa shape index (κ2) is 8.08. The summed E-state index contributed by atoms with van der Waals surface area (Å²) in [4.78, 5) is 23.7. The average molecular weight is 400 g/mol. The van der Waals surface area contributed by atoms with Gasteiger partial charge in [-0.05, 0) is 30.3 Å². The zero-order chi connectivity index (χ0) is 16.8. The van der Waals surface area contributed by atoms with Crippen LogP contribution in [0.15, 0.2) is 46.9 Å². The first kappa shape index (κ1) is 17.4. The van der Waals surface area contributed by atoms with Crippen LogP contribution in [0, 0.1) is 5.82 Å². The Kier molecular flexibility index (Phi) is 6.12. The lowest BCUT2D eigenvalue weighted by atomic mass is 10.2. The van der Waals surface area contributed by atoms with Gasteiger partial charge in [-0.2, -0.15) is 0 Å². The summed E-state index contributed by atoms with van der Waals surface area (Å²) < 4.78 is 14.2. The minimum Gasteiger partial charge on any atom is -0.351 e.